The second-order valence-electron chi connectivity index (χ2n) is 10.4. The molecule has 0 bridgehead atoms. The summed E-state index contributed by atoms with van der Waals surface area (Å²) in [6.07, 6.45) is 6.72. The fraction of sp³-hybridized carbons (Fsp3) is 0.593. The Labute approximate surface area is 203 Å². The fourth-order valence-corrected chi connectivity index (χ4v) is 5.16. The van der Waals surface area contributed by atoms with E-state index < -0.39 is 5.54 Å². The number of likely N-dealkylation sites (tertiary alicyclic amines) is 1. The molecule has 4 rings (SSSR count). The van der Waals surface area contributed by atoms with Crippen molar-refractivity contribution >= 4 is 11.9 Å². The van der Waals surface area contributed by atoms with Gasteiger partial charge in [0.25, 0.3) is 5.91 Å². The van der Waals surface area contributed by atoms with Crippen molar-refractivity contribution in [3.8, 4) is 0 Å². The van der Waals surface area contributed by atoms with Crippen molar-refractivity contribution in [3.05, 3.63) is 53.7 Å². The second kappa shape index (κ2) is 10.3. The summed E-state index contributed by atoms with van der Waals surface area (Å²) in [5.41, 5.74) is 0.165. The van der Waals surface area contributed by atoms with Crippen molar-refractivity contribution in [1.82, 2.24) is 19.7 Å². The van der Waals surface area contributed by atoms with Crippen LogP contribution in [0.4, 0.5) is 4.79 Å². The molecule has 1 spiro atoms. The van der Waals surface area contributed by atoms with Crippen LogP contribution in [0.2, 0.25) is 0 Å². The normalized spacial score (nSPS) is 19.6. The number of urea groups is 1. The molecule has 2 aliphatic heterocycles. The number of aromatic nitrogens is 1. The summed E-state index contributed by atoms with van der Waals surface area (Å²) in [7, 11) is 0. The Kier molecular flexibility index (Phi) is 7.41. The summed E-state index contributed by atoms with van der Waals surface area (Å²) in [5, 5.41) is 0. The van der Waals surface area contributed by atoms with Crippen molar-refractivity contribution in [2.75, 3.05) is 26.2 Å². The van der Waals surface area contributed by atoms with E-state index in [-0.39, 0.29) is 18.5 Å². The van der Waals surface area contributed by atoms with Gasteiger partial charge in [-0.1, -0.05) is 26.8 Å². The molecule has 184 valence electrons. The Morgan fingerprint density at radius 2 is 1.82 bits per heavy atom. The minimum Gasteiger partial charge on any atom is -0.466 e. The number of carbonyl (C=O) groups excluding carboxylic acids is 2. The number of hydrogen-bond donors (Lipinski definition) is 0. The Morgan fingerprint density at radius 1 is 1.06 bits per heavy atom. The summed E-state index contributed by atoms with van der Waals surface area (Å²) in [4.78, 5) is 37.1. The lowest BCUT2D eigenvalue weighted by Crippen LogP contribution is -2.57. The second-order valence-corrected chi connectivity index (χ2v) is 10.4. The lowest BCUT2D eigenvalue weighted by atomic mass is 9.85. The van der Waals surface area contributed by atoms with Crippen molar-refractivity contribution < 1.29 is 14.0 Å². The molecule has 34 heavy (non-hydrogen) atoms. The van der Waals surface area contributed by atoms with E-state index in [9.17, 15) is 9.59 Å². The van der Waals surface area contributed by atoms with Crippen molar-refractivity contribution in [2.24, 2.45) is 5.92 Å². The van der Waals surface area contributed by atoms with Crippen molar-refractivity contribution in [1.29, 1.82) is 0 Å². The van der Waals surface area contributed by atoms with Crippen LogP contribution < -0.4 is 0 Å². The molecule has 7 heteroatoms. The number of furan rings is 1. The van der Waals surface area contributed by atoms with Crippen LogP contribution in [0.5, 0.6) is 0 Å². The molecule has 4 heterocycles. The number of nitrogens with zero attached hydrogens (tertiary/aromatic N) is 4. The molecule has 2 fully saturated rings. The highest BCUT2D eigenvalue weighted by Crippen LogP contribution is 2.38. The molecule has 0 N–H and O–H groups in total. The monoisotopic (exact) mass is 466 g/mol. The molecule has 1 unspecified atom stereocenters. The van der Waals surface area contributed by atoms with Gasteiger partial charge in [-0.15, -0.1) is 0 Å². The number of hydrogen-bond acceptors (Lipinski definition) is 5. The minimum absolute atomic E-state index is 0.0378. The minimum atomic E-state index is -0.714. The quantitative estimate of drug-likeness (QED) is 0.496. The van der Waals surface area contributed by atoms with Crippen LogP contribution in [0.3, 0.4) is 0 Å². The van der Waals surface area contributed by atoms with Gasteiger partial charge < -0.3 is 14.2 Å². The zero-order valence-electron chi connectivity index (χ0n) is 21.0. The number of carbonyl (C=O) groups is 2. The van der Waals surface area contributed by atoms with E-state index in [4.69, 9.17) is 4.42 Å². The first-order valence-corrected chi connectivity index (χ1v) is 12.6. The highest BCUT2D eigenvalue weighted by Gasteiger charge is 2.57. The number of amides is 3. The highest BCUT2D eigenvalue weighted by molar-refractivity contribution is 6.07. The van der Waals surface area contributed by atoms with Gasteiger partial charge in [0.05, 0.1) is 6.54 Å². The number of imide groups is 1. The van der Waals surface area contributed by atoms with E-state index >= 15 is 0 Å². The maximum absolute atomic E-state index is 13.7. The van der Waals surface area contributed by atoms with Crippen LogP contribution in [0.15, 0.2) is 41.1 Å². The summed E-state index contributed by atoms with van der Waals surface area (Å²) in [6, 6.07) is 7.70. The molecular weight excluding hydrogens is 428 g/mol. The first-order valence-electron chi connectivity index (χ1n) is 12.6. The van der Waals surface area contributed by atoms with Crippen LogP contribution >= 0.6 is 0 Å². The topological polar surface area (TPSA) is 69.9 Å². The Hall–Kier alpha value is -2.67. The van der Waals surface area contributed by atoms with Crippen LogP contribution in [0, 0.1) is 12.8 Å². The largest absolute Gasteiger partial charge is 0.466 e. The summed E-state index contributed by atoms with van der Waals surface area (Å²) in [6.45, 7) is 12.0. The molecule has 2 aromatic rings. The van der Waals surface area contributed by atoms with Gasteiger partial charge in [0, 0.05) is 37.9 Å². The maximum atomic E-state index is 13.7. The van der Waals surface area contributed by atoms with Gasteiger partial charge in [-0.25, -0.2) is 4.79 Å². The smallest absolute Gasteiger partial charge is 0.327 e. The fourth-order valence-electron chi connectivity index (χ4n) is 5.16. The van der Waals surface area contributed by atoms with E-state index in [0.717, 1.165) is 49.6 Å². The van der Waals surface area contributed by atoms with Gasteiger partial charge in [-0.05, 0) is 68.8 Å². The van der Waals surface area contributed by atoms with Crippen molar-refractivity contribution in [2.45, 2.75) is 71.4 Å². The third-order valence-corrected chi connectivity index (χ3v) is 7.42. The van der Waals surface area contributed by atoms with E-state index in [1.54, 1.807) is 12.4 Å². The standard InChI is InChI=1S/C27H38N4O3/c1-20(2)9-15-31-26(33)30(19-23-6-5-13-28-18-23)25(32)27(31)11-16-29(17-12-27)14-10-21(3)24-8-7-22(4)34-24/h5-8,13,18,20-21H,9-12,14-17,19H2,1-4H3. The zero-order chi connectivity index (χ0) is 24.3. The van der Waals surface area contributed by atoms with Crippen LogP contribution in [0.1, 0.15) is 69.5 Å². The number of pyridine rings is 1. The Balaban J connectivity index is 1.43. The van der Waals surface area contributed by atoms with Gasteiger partial charge >= 0.3 is 6.03 Å². The van der Waals surface area contributed by atoms with Crippen molar-refractivity contribution in [3.63, 3.8) is 0 Å². The van der Waals surface area contributed by atoms with Gasteiger partial charge in [-0.3, -0.25) is 14.7 Å². The molecule has 2 saturated heterocycles. The first-order chi connectivity index (χ1) is 16.3. The molecular formula is C27H38N4O3. The van der Waals surface area contributed by atoms with E-state index in [1.807, 2.05) is 30.0 Å². The lowest BCUT2D eigenvalue weighted by molar-refractivity contribution is -0.136. The molecule has 0 aliphatic carbocycles. The summed E-state index contributed by atoms with van der Waals surface area (Å²) >= 11 is 0. The van der Waals surface area contributed by atoms with Crippen LogP contribution in [-0.2, 0) is 11.3 Å². The van der Waals surface area contributed by atoms with Gasteiger partial charge in [0.1, 0.15) is 17.1 Å². The average molecular weight is 467 g/mol. The molecule has 2 aliphatic rings. The molecule has 2 aromatic heterocycles. The number of rotatable bonds is 9. The molecule has 0 radical (unpaired) electrons. The number of aryl methyl sites for hydroxylation is 1. The Bertz CT molecular complexity index is 979. The SMILES string of the molecule is Cc1ccc(C(C)CCN2CCC3(CC2)C(=O)N(Cc2cccnc2)C(=O)N3CCC(C)C)o1. The number of piperidine rings is 1. The van der Waals surface area contributed by atoms with Gasteiger partial charge in [0.15, 0.2) is 0 Å². The molecule has 7 nitrogen and oxygen atoms in total. The highest BCUT2D eigenvalue weighted by atomic mass is 16.3. The molecule has 3 amide bonds. The molecule has 1 atom stereocenters. The third kappa shape index (κ3) is 5.04. The molecule has 0 aromatic carbocycles. The third-order valence-electron chi connectivity index (χ3n) is 7.42. The Morgan fingerprint density at radius 3 is 2.44 bits per heavy atom. The van der Waals surface area contributed by atoms with E-state index in [2.05, 4.69) is 36.7 Å². The summed E-state index contributed by atoms with van der Waals surface area (Å²) < 4.78 is 5.79. The lowest BCUT2D eigenvalue weighted by Gasteiger charge is -2.42. The predicted molar refractivity (Wildman–Crippen MR) is 131 cm³/mol. The van der Waals surface area contributed by atoms with E-state index in [1.165, 1.54) is 4.90 Å². The maximum Gasteiger partial charge on any atom is 0.327 e. The van der Waals surface area contributed by atoms with E-state index in [0.29, 0.717) is 31.2 Å². The first kappa shape index (κ1) is 24.5. The van der Waals surface area contributed by atoms with Crippen LogP contribution in [0.25, 0.3) is 0 Å². The van der Waals surface area contributed by atoms with Gasteiger partial charge in [0.2, 0.25) is 0 Å². The summed E-state index contributed by atoms with van der Waals surface area (Å²) in [5.74, 6) is 2.78. The zero-order valence-corrected chi connectivity index (χ0v) is 21.0. The molecule has 0 saturated carbocycles. The predicted octanol–water partition coefficient (Wildman–Crippen LogP) is 4.82. The van der Waals surface area contributed by atoms with Crippen LogP contribution in [-0.4, -0.2) is 63.3 Å². The van der Waals surface area contributed by atoms with Gasteiger partial charge in [-0.2, -0.15) is 0 Å². The average Bonchev–Trinajstić information content (AvgIpc) is 3.34.